The van der Waals surface area contributed by atoms with Gasteiger partial charge in [0.05, 0.1) is 0 Å². The molecule has 1 saturated heterocycles. The van der Waals surface area contributed by atoms with Gasteiger partial charge in [0.25, 0.3) is 0 Å². The van der Waals surface area contributed by atoms with Crippen molar-refractivity contribution >= 4 is 5.82 Å². The van der Waals surface area contributed by atoms with Crippen molar-refractivity contribution < 1.29 is 0 Å². The van der Waals surface area contributed by atoms with E-state index in [1.807, 2.05) is 0 Å². The Labute approximate surface area is 110 Å². The van der Waals surface area contributed by atoms with Gasteiger partial charge in [-0.3, -0.25) is 0 Å². The van der Waals surface area contributed by atoms with Crippen LogP contribution < -0.4 is 10.2 Å². The molecule has 2 heterocycles. The van der Waals surface area contributed by atoms with Crippen molar-refractivity contribution in [3.8, 4) is 0 Å². The van der Waals surface area contributed by atoms with Crippen LogP contribution in [0.5, 0.6) is 0 Å². The minimum absolute atomic E-state index is 0.549. The van der Waals surface area contributed by atoms with Crippen molar-refractivity contribution in [2.45, 2.75) is 52.1 Å². The second-order valence-electron chi connectivity index (χ2n) is 4.95. The highest BCUT2D eigenvalue weighted by molar-refractivity contribution is 5.41. The van der Waals surface area contributed by atoms with Crippen LogP contribution in [0.1, 0.15) is 39.3 Å². The quantitative estimate of drug-likeness (QED) is 0.885. The molecule has 1 aromatic heterocycles. The fourth-order valence-corrected chi connectivity index (χ4v) is 2.52. The van der Waals surface area contributed by atoms with E-state index in [9.17, 15) is 0 Å². The molecule has 4 heteroatoms. The topological polar surface area (TPSA) is 41.0 Å². The van der Waals surface area contributed by atoms with Crippen LogP contribution in [-0.4, -0.2) is 35.1 Å². The summed E-state index contributed by atoms with van der Waals surface area (Å²) in [6.45, 7) is 8.72. The predicted octanol–water partition coefficient (Wildman–Crippen LogP) is 2.01. The van der Waals surface area contributed by atoms with E-state index in [0.29, 0.717) is 12.1 Å². The van der Waals surface area contributed by atoms with E-state index >= 15 is 0 Å². The number of piperazine rings is 1. The van der Waals surface area contributed by atoms with Crippen molar-refractivity contribution in [2.75, 3.05) is 18.0 Å². The van der Waals surface area contributed by atoms with Crippen molar-refractivity contribution in [1.29, 1.82) is 0 Å². The Hall–Kier alpha value is -1.16. The summed E-state index contributed by atoms with van der Waals surface area (Å²) in [5.74, 6) is 1.09. The molecule has 1 aliphatic heterocycles. The van der Waals surface area contributed by atoms with E-state index in [4.69, 9.17) is 0 Å². The number of aromatic nitrogens is 2. The summed E-state index contributed by atoms with van der Waals surface area (Å²) in [5, 5.41) is 3.61. The average molecular weight is 248 g/mol. The lowest BCUT2D eigenvalue weighted by Crippen LogP contribution is -2.56. The fraction of sp³-hybridized carbons (Fsp3) is 0.714. The highest BCUT2D eigenvalue weighted by atomic mass is 15.3. The van der Waals surface area contributed by atoms with Gasteiger partial charge in [-0.25, -0.2) is 9.97 Å². The predicted molar refractivity (Wildman–Crippen MR) is 74.9 cm³/mol. The number of anilines is 1. The molecule has 0 spiro atoms. The van der Waals surface area contributed by atoms with Crippen LogP contribution in [0, 0.1) is 0 Å². The normalized spacial score (nSPS) is 24.3. The summed E-state index contributed by atoms with van der Waals surface area (Å²) < 4.78 is 0. The molecule has 2 unspecified atom stereocenters. The summed E-state index contributed by atoms with van der Waals surface area (Å²) in [7, 11) is 0. The van der Waals surface area contributed by atoms with Crippen molar-refractivity contribution in [1.82, 2.24) is 15.3 Å². The van der Waals surface area contributed by atoms with E-state index in [1.165, 1.54) is 6.42 Å². The molecule has 18 heavy (non-hydrogen) atoms. The number of nitrogens with zero attached hydrogens (tertiary/aromatic N) is 3. The van der Waals surface area contributed by atoms with E-state index in [1.54, 1.807) is 6.33 Å². The van der Waals surface area contributed by atoms with E-state index < -0.39 is 0 Å². The first kappa shape index (κ1) is 13.3. The summed E-state index contributed by atoms with van der Waals surface area (Å²) in [5.41, 5.74) is 1.13. The van der Waals surface area contributed by atoms with Crippen LogP contribution in [0.3, 0.4) is 0 Å². The Kier molecular flexibility index (Phi) is 4.53. The zero-order valence-electron chi connectivity index (χ0n) is 11.7. The number of aryl methyl sites for hydroxylation is 1. The summed E-state index contributed by atoms with van der Waals surface area (Å²) in [4.78, 5) is 11.2. The molecule has 1 aliphatic rings. The molecule has 0 radical (unpaired) electrons. The summed E-state index contributed by atoms with van der Waals surface area (Å²) in [6, 6.07) is 3.26. The summed E-state index contributed by atoms with van der Waals surface area (Å²) in [6.07, 6.45) is 4.98. The molecule has 0 amide bonds. The largest absolute Gasteiger partial charge is 0.351 e. The SMILES string of the molecule is CCc1cc(N2CC(CC)NCC2CC)ncn1. The maximum absolute atomic E-state index is 4.46. The van der Waals surface area contributed by atoms with Gasteiger partial charge in [-0.1, -0.05) is 20.8 Å². The molecule has 100 valence electrons. The van der Waals surface area contributed by atoms with Crippen LogP contribution >= 0.6 is 0 Å². The van der Waals surface area contributed by atoms with Gasteiger partial charge in [0.1, 0.15) is 12.1 Å². The molecule has 0 aromatic carbocycles. The van der Waals surface area contributed by atoms with Gasteiger partial charge in [0.15, 0.2) is 0 Å². The van der Waals surface area contributed by atoms with Gasteiger partial charge >= 0.3 is 0 Å². The minimum Gasteiger partial charge on any atom is -0.351 e. The standard InChI is InChI=1S/C14H24N4/c1-4-11-7-14(17-10-16-11)18-9-12(5-2)15-8-13(18)6-3/h7,10,12-13,15H,4-6,8-9H2,1-3H3. The second-order valence-corrected chi connectivity index (χ2v) is 4.95. The van der Waals surface area contributed by atoms with Gasteiger partial charge in [0.2, 0.25) is 0 Å². The van der Waals surface area contributed by atoms with Crippen LogP contribution in [0.25, 0.3) is 0 Å². The number of nitrogens with one attached hydrogen (secondary N) is 1. The molecule has 4 nitrogen and oxygen atoms in total. The fourth-order valence-electron chi connectivity index (χ4n) is 2.52. The van der Waals surface area contributed by atoms with Gasteiger partial charge < -0.3 is 10.2 Å². The molecule has 2 rings (SSSR count). The summed E-state index contributed by atoms with van der Waals surface area (Å²) >= 11 is 0. The number of rotatable bonds is 4. The zero-order chi connectivity index (χ0) is 13.0. The lowest BCUT2D eigenvalue weighted by Gasteiger charge is -2.40. The minimum atomic E-state index is 0.549. The lowest BCUT2D eigenvalue weighted by atomic mass is 10.1. The van der Waals surface area contributed by atoms with Crippen LogP contribution in [0.15, 0.2) is 12.4 Å². The van der Waals surface area contributed by atoms with E-state index in [-0.39, 0.29) is 0 Å². The zero-order valence-corrected chi connectivity index (χ0v) is 11.7. The average Bonchev–Trinajstić information content (AvgIpc) is 2.46. The Balaban J connectivity index is 2.20. The third kappa shape index (κ3) is 2.80. The van der Waals surface area contributed by atoms with Gasteiger partial charge in [0, 0.05) is 36.9 Å². The third-order valence-electron chi connectivity index (χ3n) is 3.83. The molecule has 0 bridgehead atoms. The molecule has 0 aliphatic carbocycles. The Morgan fingerprint density at radius 2 is 2.11 bits per heavy atom. The molecule has 1 aromatic rings. The molecule has 2 atom stereocenters. The third-order valence-corrected chi connectivity index (χ3v) is 3.83. The first-order valence-corrected chi connectivity index (χ1v) is 7.09. The molecule has 1 fully saturated rings. The smallest absolute Gasteiger partial charge is 0.132 e. The van der Waals surface area contributed by atoms with Crippen LogP contribution in [0.4, 0.5) is 5.82 Å². The van der Waals surface area contributed by atoms with Crippen molar-refractivity contribution in [3.05, 3.63) is 18.1 Å². The van der Waals surface area contributed by atoms with Gasteiger partial charge in [-0.2, -0.15) is 0 Å². The Morgan fingerprint density at radius 1 is 1.28 bits per heavy atom. The van der Waals surface area contributed by atoms with Gasteiger partial charge in [-0.05, 0) is 19.3 Å². The lowest BCUT2D eigenvalue weighted by molar-refractivity contribution is 0.376. The maximum atomic E-state index is 4.46. The second kappa shape index (κ2) is 6.14. The monoisotopic (exact) mass is 248 g/mol. The molecule has 1 N–H and O–H groups in total. The first-order valence-electron chi connectivity index (χ1n) is 7.09. The Bertz CT molecular complexity index is 380. The van der Waals surface area contributed by atoms with Crippen LogP contribution in [-0.2, 0) is 6.42 Å². The van der Waals surface area contributed by atoms with Crippen LogP contribution in [0.2, 0.25) is 0 Å². The highest BCUT2D eigenvalue weighted by Gasteiger charge is 2.26. The van der Waals surface area contributed by atoms with Crippen molar-refractivity contribution in [3.63, 3.8) is 0 Å². The molecular formula is C14H24N4. The van der Waals surface area contributed by atoms with E-state index in [0.717, 1.165) is 37.4 Å². The first-order chi connectivity index (χ1) is 8.78. The maximum Gasteiger partial charge on any atom is 0.132 e. The van der Waals surface area contributed by atoms with Gasteiger partial charge in [-0.15, -0.1) is 0 Å². The van der Waals surface area contributed by atoms with Crippen molar-refractivity contribution in [2.24, 2.45) is 0 Å². The molecule has 0 saturated carbocycles. The highest BCUT2D eigenvalue weighted by Crippen LogP contribution is 2.20. The Morgan fingerprint density at radius 3 is 2.78 bits per heavy atom. The molecular weight excluding hydrogens is 224 g/mol. The van der Waals surface area contributed by atoms with E-state index in [2.05, 4.69) is 47.0 Å². The number of hydrogen-bond donors (Lipinski definition) is 1. The number of hydrogen-bond acceptors (Lipinski definition) is 4.